The lowest BCUT2D eigenvalue weighted by Gasteiger charge is -2.06. The summed E-state index contributed by atoms with van der Waals surface area (Å²) in [6, 6.07) is 12.6. The van der Waals surface area contributed by atoms with Gasteiger partial charge in [0.2, 0.25) is 0 Å². The van der Waals surface area contributed by atoms with Crippen molar-refractivity contribution in [3.8, 4) is 11.5 Å². The first-order chi connectivity index (χ1) is 8.19. The number of halogens is 2. The van der Waals surface area contributed by atoms with E-state index < -0.39 is 0 Å². The molecule has 0 radical (unpaired) electrons. The lowest BCUT2D eigenvalue weighted by molar-refractivity contribution is 0.112. The van der Waals surface area contributed by atoms with E-state index in [2.05, 4.69) is 22.6 Å². The second-order valence-electron chi connectivity index (χ2n) is 3.36. The first kappa shape index (κ1) is 12.4. The Kier molecular flexibility index (Phi) is 4.02. The van der Waals surface area contributed by atoms with Gasteiger partial charge in [0.05, 0.1) is 5.02 Å². The maximum Gasteiger partial charge on any atom is 0.151 e. The maximum absolute atomic E-state index is 10.6. The Bertz CT molecular complexity index is 538. The third-order valence-corrected chi connectivity index (χ3v) is 3.19. The summed E-state index contributed by atoms with van der Waals surface area (Å²) >= 11 is 8.14. The zero-order chi connectivity index (χ0) is 12.3. The lowest BCUT2D eigenvalue weighted by Crippen LogP contribution is -1.87. The summed E-state index contributed by atoms with van der Waals surface area (Å²) in [6.45, 7) is 0. The Balaban J connectivity index is 2.21. The molecule has 86 valence electrons. The molecule has 0 aromatic heterocycles. The Hall–Kier alpha value is -1.07. The summed E-state index contributed by atoms with van der Waals surface area (Å²) in [7, 11) is 0. The molecule has 0 saturated carbocycles. The van der Waals surface area contributed by atoms with E-state index in [4.69, 9.17) is 16.3 Å². The lowest BCUT2D eigenvalue weighted by atomic mass is 10.2. The van der Waals surface area contributed by atoms with Crippen LogP contribution in [0.4, 0.5) is 0 Å². The number of ether oxygens (including phenoxy) is 1. The van der Waals surface area contributed by atoms with Gasteiger partial charge in [0.15, 0.2) is 6.29 Å². The van der Waals surface area contributed by atoms with Crippen LogP contribution in [-0.4, -0.2) is 6.29 Å². The van der Waals surface area contributed by atoms with Crippen LogP contribution in [0, 0.1) is 3.57 Å². The SMILES string of the molecule is O=Cc1ccc(Oc2ccc(I)cc2)cc1Cl. The highest BCUT2D eigenvalue weighted by Crippen LogP contribution is 2.26. The van der Waals surface area contributed by atoms with E-state index in [1.165, 1.54) is 0 Å². The molecule has 0 amide bonds. The van der Waals surface area contributed by atoms with Crippen LogP contribution < -0.4 is 4.74 Å². The average Bonchev–Trinajstić information content (AvgIpc) is 2.32. The van der Waals surface area contributed by atoms with Gasteiger partial charge < -0.3 is 4.74 Å². The van der Waals surface area contributed by atoms with Crippen LogP contribution in [0.2, 0.25) is 5.02 Å². The van der Waals surface area contributed by atoms with E-state index in [0.717, 1.165) is 15.6 Å². The first-order valence-corrected chi connectivity index (χ1v) is 6.33. The monoisotopic (exact) mass is 358 g/mol. The maximum atomic E-state index is 10.6. The molecule has 0 unspecified atom stereocenters. The zero-order valence-electron chi connectivity index (χ0n) is 8.69. The van der Waals surface area contributed by atoms with Crippen molar-refractivity contribution in [1.82, 2.24) is 0 Å². The molecule has 0 spiro atoms. The van der Waals surface area contributed by atoms with Crippen LogP contribution in [0.1, 0.15) is 10.4 Å². The van der Waals surface area contributed by atoms with E-state index in [0.29, 0.717) is 16.3 Å². The molecule has 4 heteroatoms. The van der Waals surface area contributed by atoms with Gasteiger partial charge in [0.1, 0.15) is 11.5 Å². The van der Waals surface area contributed by atoms with Gasteiger partial charge in [-0.15, -0.1) is 0 Å². The molecular weight excluding hydrogens is 350 g/mol. The topological polar surface area (TPSA) is 26.3 Å². The van der Waals surface area contributed by atoms with Crippen LogP contribution in [-0.2, 0) is 0 Å². The van der Waals surface area contributed by atoms with Gasteiger partial charge in [-0.1, -0.05) is 11.6 Å². The molecule has 0 aliphatic heterocycles. The number of hydrogen-bond acceptors (Lipinski definition) is 2. The minimum absolute atomic E-state index is 0.392. The minimum Gasteiger partial charge on any atom is -0.457 e. The van der Waals surface area contributed by atoms with Crippen molar-refractivity contribution in [3.05, 3.63) is 56.6 Å². The molecule has 0 fully saturated rings. The molecule has 0 aliphatic rings. The van der Waals surface area contributed by atoms with Gasteiger partial charge >= 0.3 is 0 Å². The van der Waals surface area contributed by atoms with Crippen LogP contribution in [0.3, 0.4) is 0 Å². The molecule has 0 heterocycles. The average molecular weight is 359 g/mol. The summed E-state index contributed by atoms with van der Waals surface area (Å²) < 4.78 is 6.75. The van der Waals surface area contributed by atoms with E-state index in [9.17, 15) is 4.79 Å². The molecule has 17 heavy (non-hydrogen) atoms. The molecule has 2 aromatic carbocycles. The van der Waals surface area contributed by atoms with E-state index >= 15 is 0 Å². The Labute approximate surface area is 118 Å². The second kappa shape index (κ2) is 5.51. The summed E-state index contributed by atoms with van der Waals surface area (Å²) in [5, 5.41) is 0.392. The number of benzene rings is 2. The molecule has 0 atom stereocenters. The van der Waals surface area contributed by atoms with Crippen molar-refractivity contribution < 1.29 is 9.53 Å². The Morgan fingerprint density at radius 3 is 2.29 bits per heavy atom. The summed E-state index contributed by atoms with van der Waals surface area (Å²) in [5.41, 5.74) is 0.460. The van der Waals surface area contributed by atoms with Crippen LogP contribution in [0.15, 0.2) is 42.5 Å². The van der Waals surface area contributed by atoms with Crippen LogP contribution in [0.5, 0.6) is 11.5 Å². The molecule has 2 nitrogen and oxygen atoms in total. The van der Waals surface area contributed by atoms with Gasteiger partial charge in [0, 0.05) is 15.2 Å². The predicted octanol–water partition coefficient (Wildman–Crippen LogP) is 4.55. The van der Waals surface area contributed by atoms with Crippen molar-refractivity contribution >= 4 is 40.5 Å². The first-order valence-electron chi connectivity index (χ1n) is 4.87. The molecule has 2 aromatic rings. The number of carbonyl (C=O) groups is 1. The fourth-order valence-electron chi connectivity index (χ4n) is 1.31. The summed E-state index contributed by atoms with van der Waals surface area (Å²) in [4.78, 5) is 10.6. The molecule has 0 aliphatic carbocycles. The van der Waals surface area contributed by atoms with Crippen LogP contribution >= 0.6 is 34.2 Å². The fraction of sp³-hybridized carbons (Fsp3) is 0. The third kappa shape index (κ3) is 3.20. The Morgan fingerprint density at radius 2 is 1.71 bits per heavy atom. The van der Waals surface area contributed by atoms with Gasteiger partial charge in [-0.25, -0.2) is 0 Å². The highest BCUT2D eigenvalue weighted by molar-refractivity contribution is 14.1. The summed E-state index contributed by atoms with van der Waals surface area (Å²) in [6.07, 6.45) is 0.719. The number of aldehydes is 1. The van der Waals surface area contributed by atoms with Crippen molar-refractivity contribution in [2.45, 2.75) is 0 Å². The van der Waals surface area contributed by atoms with E-state index in [1.807, 2.05) is 24.3 Å². The van der Waals surface area contributed by atoms with Gasteiger partial charge in [0.25, 0.3) is 0 Å². The highest BCUT2D eigenvalue weighted by Gasteiger charge is 2.02. The quantitative estimate of drug-likeness (QED) is 0.594. The molecule has 2 rings (SSSR count). The van der Waals surface area contributed by atoms with Crippen molar-refractivity contribution in [1.29, 1.82) is 0 Å². The number of hydrogen-bond donors (Lipinski definition) is 0. The molecule has 0 N–H and O–H groups in total. The molecular formula is C13H8ClIO2. The zero-order valence-corrected chi connectivity index (χ0v) is 11.6. The highest BCUT2D eigenvalue weighted by atomic mass is 127. The third-order valence-electron chi connectivity index (χ3n) is 2.15. The van der Waals surface area contributed by atoms with E-state index in [-0.39, 0.29) is 0 Å². The second-order valence-corrected chi connectivity index (χ2v) is 5.01. The summed E-state index contributed by atoms with van der Waals surface area (Å²) in [5.74, 6) is 1.35. The number of carbonyl (C=O) groups excluding carboxylic acids is 1. The number of rotatable bonds is 3. The van der Waals surface area contributed by atoms with Gasteiger partial charge in [-0.2, -0.15) is 0 Å². The predicted molar refractivity (Wildman–Crippen MR) is 76.1 cm³/mol. The molecule has 0 saturated heterocycles. The molecule has 0 bridgehead atoms. The van der Waals surface area contributed by atoms with Crippen molar-refractivity contribution in [2.75, 3.05) is 0 Å². The van der Waals surface area contributed by atoms with Gasteiger partial charge in [-0.3, -0.25) is 4.79 Å². The minimum atomic E-state index is 0.392. The van der Waals surface area contributed by atoms with Crippen LogP contribution in [0.25, 0.3) is 0 Å². The van der Waals surface area contributed by atoms with E-state index in [1.54, 1.807) is 18.2 Å². The fourth-order valence-corrected chi connectivity index (χ4v) is 1.88. The van der Waals surface area contributed by atoms with Crippen molar-refractivity contribution in [2.24, 2.45) is 0 Å². The standard InChI is InChI=1S/C13H8ClIO2/c14-13-7-12(4-1-9(13)8-16)17-11-5-2-10(15)3-6-11/h1-8H. The Morgan fingerprint density at radius 1 is 1.06 bits per heavy atom. The normalized spacial score (nSPS) is 10.0. The van der Waals surface area contributed by atoms with Crippen molar-refractivity contribution in [3.63, 3.8) is 0 Å². The smallest absolute Gasteiger partial charge is 0.151 e. The largest absolute Gasteiger partial charge is 0.457 e. The van der Waals surface area contributed by atoms with Gasteiger partial charge in [-0.05, 0) is 59.0 Å².